The molecule has 0 aliphatic carbocycles. The minimum absolute atomic E-state index is 0.00131. The van der Waals surface area contributed by atoms with Gasteiger partial charge < -0.3 is 9.64 Å². The predicted octanol–water partition coefficient (Wildman–Crippen LogP) is 4.02. The van der Waals surface area contributed by atoms with Crippen molar-refractivity contribution >= 4 is 44.2 Å². The number of morpholine rings is 1. The van der Waals surface area contributed by atoms with Gasteiger partial charge in [-0.3, -0.25) is 19.4 Å². The number of amides is 2. The summed E-state index contributed by atoms with van der Waals surface area (Å²) in [6.45, 7) is 9.45. The summed E-state index contributed by atoms with van der Waals surface area (Å²) < 4.78 is 6.58. The second-order valence-corrected chi connectivity index (χ2v) is 10.4. The number of ether oxygens (including phenoxy) is 1. The number of carbonyl (C=O) groups excluding carboxylic acids is 2. The van der Waals surface area contributed by atoms with Crippen molar-refractivity contribution in [3.63, 3.8) is 0 Å². The molecule has 1 aromatic heterocycles. The number of para-hydroxylation sites is 1. The van der Waals surface area contributed by atoms with Crippen molar-refractivity contribution in [3.05, 3.63) is 53.6 Å². The number of aromatic nitrogens is 1. The lowest BCUT2D eigenvalue weighted by Gasteiger charge is -2.28. The van der Waals surface area contributed by atoms with E-state index in [1.807, 2.05) is 35.2 Å². The molecule has 1 unspecified atom stereocenters. The summed E-state index contributed by atoms with van der Waals surface area (Å²) in [7, 11) is 0. The van der Waals surface area contributed by atoms with E-state index in [2.05, 4.69) is 30.9 Å². The number of hydrogen-bond donors (Lipinski definition) is 0. The van der Waals surface area contributed by atoms with E-state index in [0.29, 0.717) is 13.1 Å². The molecular formula is C27H32N4O3S. The molecule has 2 aromatic carbocycles. The maximum Gasteiger partial charge on any atom is 0.234 e. The number of benzene rings is 2. The van der Waals surface area contributed by atoms with Gasteiger partial charge >= 0.3 is 0 Å². The van der Waals surface area contributed by atoms with Crippen LogP contribution in [-0.2, 0) is 14.3 Å². The first-order chi connectivity index (χ1) is 17.0. The predicted molar refractivity (Wildman–Crippen MR) is 140 cm³/mol. The van der Waals surface area contributed by atoms with Crippen LogP contribution in [0, 0.1) is 19.8 Å². The molecule has 0 saturated carbocycles. The van der Waals surface area contributed by atoms with Crippen LogP contribution >= 0.6 is 11.3 Å². The summed E-state index contributed by atoms with van der Waals surface area (Å²) in [6.07, 6.45) is 1.08. The highest BCUT2D eigenvalue weighted by molar-refractivity contribution is 7.22. The number of rotatable bonds is 7. The quantitative estimate of drug-likeness (QED) is 0.498. The molecule has 2 amide bonds. The van der Waals surface area contributed by atoms with E-state index >= 15 is 0 Å². The summed E-state index contributed by atoms with van der Waals surface area (Å²) in [4.78, 5) is 37.5. The van der Waals surface area contributed by atoms with Crippen LogP contribution in [-0.4, -0.2) is 67.6 Å². The third-order valence-corrected chi connectivity index (χ3v) is 8.04. The summed E-state index contributed by atoms with van der Waals surface area (Å²) in [6, 6.07) is 13.8. The number of nitrogens with zero attached hydrogens (tertiary/aromatic N) is 4. The van der Waals surface area contributed by atoms with E-state index in [1.54, 1.807) is 16.2 Å². The Morgan fingerprint density at radius 3 is 2.71 bits per heavy atom. The molecular weight excluding hydrogens is 460 g/mol. The van der Waals surface area contributed by atoms with Crippen LogP contribution in [0.1, 0.15) is 24.0 Å². The first-order valence-electron chi connectivity index (χ1n) is 12.3. The second kappa shape index (κ2) is 10.4. The molecule has 5 rings (SSSR count). The first-order valence-corrected chi connectivity index (χ1v) is 13.2. The zero-order chi connectivity index (χ0) is 24.4. The zero-order valence-electron chi connectivity index (χ0n) is 20.4. The molecule has 184 valence electrons. The molecule has 0 N–H and O–H groups in total. The van der Waals surface area contributed by atoms with Gasteiger partial charge in [-0.15, -0.1) is 0 Å². The Morgan fingerprint density at radius 1 is 1.17 bits per heavy atom. The highest BCUT2D eigenvalue weighted by Crippen LogP contribution is 2.34. The SMILES string of the molecule is Cc1cc(C)c2sc(N(CCCN3CCOCC3)C(=O)C3CC(=O)N(c4ccccc4)C3)nc2c1. The van der Waals surface area contributed by atoms with Crippen LogP contribution in [0.25, 0.3) is 10.2 Å². The number of thiazole rings is 1. The highest BCUT2D eigenvalue weighted by Gasteiger charge is 2.38. The van der Waals surface area contributed by atoms with Gasteiger partial charge in [-0.25, -0.2) is 4.98 Å². The first kappa shape index (κ1) is 23.9. The van der Waals surface area contributed by atoms with E-state index in [1.165, 1.54) is 5.56 Å². The number of hydrogen-bond acceptors (Lipinski definition) is 6. The molecule has 2 aliphatic rings. The van der Waals surface area contributed by atoms with Gasteiger partial charge in [-0.05, 0) is 49.6 Å². The highest BCUT2D eigenvalue weighted by atomic mass is 32.1. The summed E-state index contributed by atoms with van der Waals surface area (Å²) in [5.74, 6) is -0.383. The number of carbonyl (C=O) groups is 2. The average molecular weight is 493 g/mol. The smallest absolute Gasteiger partial charge is 0.234 e. The minimum atomic E-state index is -0.374. The van der Waals surface area contributed by atoms with E-state index < -0.39 is 0 Å². The van der Waals surface area contributed by atoms with Crippen LogP contribution in [0.3, 0.4) is 0 Å². The zero-order valence-corrected chi connectivity index (χ0v) is 21.2. The van der Waals surface area contributed by atoms with Crippen molar-refractivity contribution in [2.75, 3.05) is 55.7 Å². The lowest BCUT2D eigenvalue weighted by molar-refractivity contribution is -0.124. The molecule has 2 aliphatic heterocycles. The molecule has 0 radical (unpaired) electrons. The average Bonchev–Trinajstić information content (AvgIpc) is 3.46. The largest absolute Gasteiger partial charge is 0.379 e. The van der Waals surface area contributed by atoms with Crippen molar-refractivity contribution in [2.45, 2.75) is 26.7 Å². The third-order valence-electron chi connectivity index (χ3n) is 6.81. The van der Waals surface area contributed by atoms with Crippen LogP contribution in [0.2, 0.25) is 0 Å². The second-order valence-electron chi connectivity index (χ2n) is 9.46. The molecule has 2 saturated heterocycles. The number of fused-ring (bicyclic) bond motifs is 1. The van der Waals surface area contributed by atoms with Gasteiger partial charge in [0.2, 0.25) is 11.8 Å². The fourth-order valence-corrected chi connectivity index (χ4v) is 6.06. The van der Waals surface area contributed by atoms with E-state index in [0.717, 1.165) is 65.9 Å². The van der Waals surface area contributed by atoms with Crippen molar-refractivity contribution in [3.8, 4) is 0 Å². The Balaban J connectivity index is 1.37. The molecule has 2 fully saturated rings. The molecule has 7 nitrogen and oxygen atoms in total. The van der Waals surface area contributed by atoms with Gasteiger partial charge in [0.05, 0.1) is 29.3 Å². The van der Waals surface area contributed by atoms with Gasteiger partial charge in [-0.1, -0.05) is 35.6 Å². The number of anilines is 2. The summed E-state index contributed by atoms with van der Waals surface area (Å²) in [5.41, 5.74) is 4.12. The summed E-state index contributed by atoms with van der Waals surface area (Å²) >= 11 is 1.57. The van der Waals surface area contributed by atoms with Crippen molar-refractivity contribution in [1.29, 1.82) is 0 Å². The molecule has 3 heterocycles. The fraction of sp³-hybridized carbons (Fsp3) is 0.444. The molecule has 3 aromatic rings. The third kappa shape index (κ3) is 5.24. The monoisotopic (exact) mass is 492 g/mol. The van der Waals surface area contributed by atoms with Crippen LogP contribution in [0.15, 0.2) is 42.5 Å². The van der Waals surface area contributed by atoms with E-state index in [9.17, 15) is 9.59 Å². The van der Waals surface area contributed by atoms with Crippen LogP contribution in [0.4, 0.5) is 10.8 Å². The van der Waals surface area contributed by atoms with Gasteiger partial charge in [0.1, 0.15) is 0 Å². The van der Waals surface area contributed by atoms with Gasteiger partial charge in [0.25, 0.3) is 0 Å². The minimum Gasteiger partial charge on any atom is -0.379 e. The Kier molecular flexibility index (Phi) is 7.13. The summed E-state index contributed by atoms with van der Waals surface area (Å²) in [5, 5.41) is 0.728. The Hall–Kier alpha value is -2.81. The lowest BCUT2D eigenvalue weighted by atomic mass is 10.1. The van der Waals surface area contributed by atoms with Crippen LogP contribution in [0.5, 0.6) is 0 Å². The van der Waals surface area contributed by atoms with Gasteiger partial charge in [-0.2, -0.15) is 0 Å². The molecule has 0 bridgehead atoms. The molecule has 35 heavy (non-hydrogen) atoms. The Morgan fingerprint density at radius 2 is 1.94 bits per heavy atom. The standard InChI is InChI=1S/C27H32N4O3S/c1-19-15-20(2)25-23(16-19)28-27(35-25)30(10-6-9-29-11-13-34-14-12-29)26(33)21-17-24(32)31(18-21)22-7-4-3-5-8-22/h3-5,7-8,15-16,21H,6,9-14,17-18H2,1-2H3. The molecule has 8 heteroatoms. The van der Waals surface area contributed by atoms with Crippen molar-refractivity contribution in [2.24, 2.45) is 5.92 Å². The maximum absolute atomic E-state index is 13.9. The topological polar surface area (TPSA) is 66.0 Å². The van der Waals surface area contributed by atoms with E-state index in [-0.39, 0.29) is 24.2 Å². The van der Waals surface area contributed by atoms with E-state index in [4.69, 9.17) is 9.72 Å². The lowest BCUT2D eigenvalue weighted by Crippen LogP contribution is -2.41. The van der Waals surface area contributed by atoms with Crippen molar-refractivity contribution < 1.29 is 14.3 Å². The van der Waals surface area contributed by atoms with Crippen molar-refractivity contribution in [1.82, 2.24) is 9.88 Å². The molecule has 0 spiro atoms. The Labute approximate surface area is 210 Å². The normalized spacial score (nSPS) is 19.0. The van der Waals surface area contributed by atoms with Gasteiger partial charge in [0.15, 0.2) is 5.13 Å². The number of aryl methyl sites for hydroxylation is 2. The van der Waals surface area contributed by atoms with Crippen LogP contribution < -0.4 is 9.80 Å². The molecule has 1 atom stereocenters. The van der Waals surface area contributed by atoms with Gasteiger partial charge in [0, 0.05) is 44.8 Å². The maximum atomic E-state index is 13.9. The Bertz CT molecular complexity index is 1210. The fourth-order valence-electron chi connectivity index (χ4n) is 5.01.